The molecule has 1 aliphatic heterocycles. The molecule has 4 heteroatoms. The summed E-state index contributed by atoms with van der Waals surface area (Å²) in [5.41, 5.74) is 5.44. The lowest BCUT2D eigenvalue weighted by Crippen LogP contribution is -2.38. The Morgan fingerprint density at radius 1 is 1.23 bits per heavy atom. The van der Waals surface area contributed by atoms with Gasteiger partial charge in [-0.1, -0.05) is 44.6 Å². The van der Waals surface area contributed by atoms with E-state index in [0.717, 1.165) is 42.8 Å². The third-order valence-electron chi connectivity index (χ3n) is 5.46. The highest BCUT2D eigenvalue weighted by atomic mass is 16.3. The van der Waals surface area contributed by atoms with E-state index < -0.39 is 0 Å². The number of hydrogen-bond acceptors (Lipinski definition) is 3. The molecule has 1 fully saturated rings. The van der Waals surface area contributed by atoms with E-state index >= 15 is 0 Å². The van der Waals surface area contributed by atoms with Crippen molar-refractivity contribution in [2.24, 2.45) is 5.92 Å². The van der Waals surface area contributed by atoms with Crippen molar-refractivity contribution in [3.63, 3.8) is 0 Å². The highest BCUT2D eigenvalue weighted by molar-refractivity contribution is 5.93. The molecular formula is C26H44N2O2. The molecule has 1 aromatic carbocycles. The van der Waals surface area contributed by atoms with Gasteiger partial charge in [0.2, 0.25) is 5.91 Å². The van der Waals surface area contributed by atoms with Crippen LogP contribution >= 0.6 is 0 Å². The largest absolute Gasteiger partial charge is 0.508 e. The smallest absolute Gasteiger partial charge is 0.246 e. The van der Waals surface area contributed by atoms with Crippen LogP contribution in [0.25, 0.3) is 0 Å². The minimum absolute atomic E-state index is 0.0526. The van der Waals surface area contributed by atoms with E-state index in [4.69, 9.17) is 0 Å². The summed E-state index contributed by atoms with van der Waals surface area (Å²) in [7, 11) is 0. The van der Waals surface area contributed by atoms with Crippen LogP contribution in [-0.2, 0) is 11.2 Å². The van der Waals surface area contributed by atoms with Gasteiger partial charge in [-0.05, 0) is 95.6 Å². The quantitative estimate of drug-likeness (QED) is 0.432. The van der Waals surface area contributed by atoms with E-state index in [1.807, 2.05) is 66.7 Å². The van der Waals surface area contributed by atoms with Gasteiger partial charge in [0.15, 0.2) is 0 Å². The van der Waals surface area contributed by atoms with Crippen LogP contribution in [0.15, 0.2) is 35.4 Å². The first kappa shape index (κ1) is 27.9. The lowest BCUT2D eigenvalue weighted by atomic mass is 9.99. The van der Waals surface area contributed by atoms with Crippen molar-refractivity contribution in [3.05, 3.63) is 52.1 Å². The Bertz CT molecular complexity index is 699. The molecule has 30 heavy (non-hydrogen) atoms. The van der Waals surface area contributed by atoms with Crippen LogP contribution in [0.2, 0.25) is 0 Å². The zero-order chi connectivity index (χ0) is 23.1. The molecule has 4 nitrogen and oxygen atoms in total. The molecule has 1 atom stereocenters. The van der Waals surface area contributed by atoms with Crippen LogP contribution in [-0.4, -0.2) is 30.6 Å². The van der Waals surface area contributed by atoms with Gasteiger partial charge in [0.1, 0.15) is 5.75 Å². The molecule has 1 heterocycles. The first-order valence-electron chi connectivity index (χ1n) is 11.4. The van der Waals surface area contributed by atoms with Gasteiger partial charge in [0.05, 0.1) is 0 Å². The second-order valence-electron chi connectivity index (χ2n) is 7.63. The topological polar surface area (TPSA) is 61.4 Å². The Balaban J connectivity index is 0.000000557. The summed E-state index contributed by atoms with van der Waals surface area (Å²) in [4.78, 5) is 11.8. The second-order valence-corrected chi connectivity index (χ2v) is 7.63. The van der Waals surface area contributed by atoms with E-state index in [0.29, 0.717) is 11.7 Å². The van der Waals surface area contributed by atoms with E-state index in [1.165, 1.54) is 24.0 Å². The monoisotopic (exact) mass is 416 g/mol. The Hall–Kier alpha value is -2.07. The molecule has 1 aromatic rings. The molecule has 1 amide bonds. The number of phenolic OH excluding ortho intramolecular Hbond substituents is 1. The normalized spacial score (nSPS) is 16.6. The molecule has 1 saturated heterocycles. The van der Waals surface area contributed by atoms with Gasteiger partial charge in [-0.25, -0.2) is 0 Å². The fourth-order valence-corrected chi connectivity index (χ4v) is 3.21. The number of rotatable bonds is 5. The third kappa shape index (κ3) is 10.1. The minimum Gasteiger partial charge on any atom is -0.508 e. The van der Waals surface area contributed by atoms with Crippen molar-refractivity contribution in [1.29, 1.82) is 0 Å². The summed E-state index contributed by atoms with van der Waals surface area (Å²) >= 11 is 0. The molecule has 0 radical (unpaired) electrons. The number of phenols is 1. The summed E-state index contributed by atoms with van der Waals surface area (Å²) in [5, 5.41) is 15.7. The summed E-state index contributed by atoms with van der Waals surface area (Å²) in [6.45, 7) is 18.9. The van der Waals surface area contributed by atoms with Gasteiger partial charge in [0, 0.05) is 12.1 Å². The number of amides is 1. The molecule has 3 N–H and O–H groups in total. The maximum Gasteiger partial charge on any atom is 0.246 e. The number of aryl methyl sites for hydroxylation is 1. The van der Waals surface area contributed by atoms with E-state index in [9.17, 15) is 9.90 Å². The number of aromatic hydroxyl groups is 1. The Morgan fingerprint density at radius 2 is 1.90 bits per heavy atom. The van der Waals surface area contributed by atoms with E-state index in [2.05, 4.69) is 17.6 Å². The third-order valence-corrected chi connectivity index (χ3v) is 5.46. The summed E-state index contributed by atoms with van der Waals surface area (Å²) in [6, 6.07) is 3.75. The van der Waals surface area contributed by atoms with Crippen molar-refractivity contribution in [2.45, 2.75) is 74.7 Å². The zero-order valence-corrected chi connectivity index (χ0v) is 20.5. The Kier molecular flexibility index (Phi) is 14.6. The molecule has 170 valence electrons. The van der Waals surface area contributed by atoms with Crippen LogP contribution in [0.1, 0.15) is 71.1 Å². The van der Waals surface area contributed by atoms with E-state index in [1.54, 1.807) is 6.07 Å². The number of hydrogen-bond donors (Lipinski definition) is 3. The molecular weight excluding hydrogens is 372 g/mol. The number of carbonyl (C=O) groups excluding carboxylic acids is 1. The first-order valence-corrected chi connectivity index (χ1v) is 11.4. The van der Waals surface area contributed by atoms with Gasteiger partial charge in [-0.3, -0.25) is 4.79 Å². The van der Waals surface area contributed by atoms with Crippen molar-refractivity contribution in [1.82, 2.24) is 10.6 Å². The maximum absolute atomic E-state index is 11.8. The summed E-state index contributed by atoms with van der Waals surface area (Å²) < 4.78 is 0. The number of piperidine rings is 1. The van der Waals surface area contributed by atoms with Crippen LogP contribution in [0.5, 0.6) is 5.75 Å². The lowest BCUT2D eigenvalue weighted by Gasteiger charge is -2.22. The number of nitrogens with one attached hydrogen (secondary N) is 2. The molecule has 0 spiro atoms. The molecule has 0 saturated carbocycles. The van der Waals surface area contributed by atoms with E-state index in [-0.39, 0.29) is 5.91 Å². The minimum atomic E-state index is 0.0526. The average molecular weight is 417 g/mol. The summed E-state index contributed by atoms with van der Waals surface area (Å²) in [6.07, 6.45) is 7.39. The Morgan fingerprint density at radius 3 is 2.43 bits per heavy atom. The second kappa shape index (κ2) is 15.7. The van der Waals surface area contributed by atoms with Crippen LogP contribution in [0.4, 0.5) is 0 Å². The van der Waals surface area contributed by atoms with Crippen molar-refractivity contribution in [3.8, 4) is 5.75 Å². The van der Waals surface area contributed by atoms with Crippen molar-refractivity contribution >= 4 is 5.91 Å². The number of benzene rings is 1. The maximum atomic E-state index is 11.8. The van der Waals surface area contributed by atoms with Gasteiger partial charge in [-0.2, -0.15) is 0 Å². The molecule has 0 aliphatic carbocycles. The number of allylic oxidation sites excluding steroid dienone is 3. The molecule has 1 unspecified atom stereocenters. The standard InChI is InChI=1S/C14H24N2O.C10H14O.C2H6/c1-4-11(2)8-12(3)14(17)16-10-13-6-5-7-15-9-13;1-4-9-5-6-10(11)8(3)7(9)2;1-2/h4,8,13,15H,5-7,9-10H2,1-3H3,(H,16,17);5-6,11H,4H2,1-3H3;1-2H3/b11-4-,12-8+;;. The molecule has 1 aliphatic rings. The fourth-order valence-electron chi connectivity index (χ4n) is 3.21. The van der Waals surface area contributed by atoms with Gasteiger partial charge in [0.25, 0.3) is 0 Å². The van der Waals surface area contributed by atoms with Crippen molar-refractivity contribution in [2.75, 3.05) is 19.6 Å². The highest BCUT2D eigenvalue weighted by Crippen LogP contribution is 2.22. The SMILES string of the molecule is C/C=C(C)\C=C(/C)C(=O)NCC1CCCNC1.CC.CCc1ccc(O)c(C)c1C. The molecule has 2 rings (SSSR count). The first-order chi connectivity index (χ1) is 14.3. The number of carbonyl (C=O) groups is 1. The van der Waals surface area contributed by atoms with Crippen LogP contribution in [0.3, 0.4) is 0 Å². The lowest BCUT2D eigenvalue weighted by molar-refractivity contribution is -0.117. The average Bonchev–Trinajstić information content (AvgIpc) is 2.78. The van der Waals surface area contributed by atoms with Crippen LogP contribution < -0.4 is 10.6 Å². The predicted molar refractivity (Wildman–Crippen MR) is 130 cm³/mol. The molecule has 0 bridgehead atoms. The van der Waals surface area contributed by atoms with Gasteiger partial charge in [-0.15, -0.1) is 0 Å². The Labute approximate surface area is 184 Å². The van der Waals surface area contributed by atoms with Gasteiger partial charge >= 0.3 is 0 Å². The summed E-state index contributed by atoms with van der Waals surface area (Å²) in [5.74, 6) is 1.04. The van der Waals surface area contributed by atoms with Crippen LogP contribution in [0, 0.1) is 19.8 Å². The molecule has 0 aromatic heterocycles. The fraction of sp³-hybridized carbons (Fsp3) is 0.577. The highest BCUT2D eigenvalue weighted by Gasteiger charge is 2.14. The predicted octanol–water partition coefficient (Wildman–Crippen LogP) is 5.61. The zero-order valence-electron chi connectivity index (χ0n) is 20.5. The van der Waals surface area contributed by atoms with Gasteiger partial charge < -0.3 is 15.7 Å². The van der Waals surface area contributed by atoms with Crippen molar-refractivity contribution < 1.29 is 9.90 Å².